The van der Waals surface area contributed by atoms with Crippen LogP contribution in [0.1, 0.15) is 30.2 Å². The van der Waals surface area contributed by atoms with Gasteiger partial charge in [0, 0.05) is 49.5 Å². The Hall–Kier alpha value is -3.42. The number of rotatable bonds is 6. The fourth-order valence-electron chi connectivity index (χ4n) is 4.29. The third-order valence-electron chi connectivity index (χ3n) is 6.28. The molecule has 1 atom stereocenters. The second-order valence-corrected chi connectivity index (χ2v) is 8.48. The van der Waals surface area contributed by atoms with Crippen LogP contribution < -0.4 is 0 Å². The fourth-order valence-corrected chi connectivity index (χ4v) is 4.29. The zero-order valence-electron chi connectivity index (χ0n) is 19.1. The van der Waals surface area contributed by atoms with Crippen molar-refractivity contribution < 1.29 is 4.52 Å². The molecule has 0 aliphatic carbocycles. The van der Waals surface area contributed by atoms with E-state index in [1.54, 1.807) is 6.20 Å². The van der Waals surface area contributed by atoms with E-state index < -0.39 is 0 Å². The molecule has 7 nitrogen and oxygen atoms in total. The molecule has 0 amide bonds. The van der Waals surface area contributed by atoms with Crippen molar-refractivity contribution in [2.75, 3.05) is 26.2 Å². The largest absolute Gasteiger partial charge is 0.338 e. The van der Waals surface area contributed by atoms with E-state index >= 15 is 0 Å². The lowest BCUT2D eigenvalue weighted by molar-refractivity contribution is 0.0905. The van der Waals surface area contributed by atoms with Crippen molar-refractivity contribution in [2.45, 2.75) is 26.4 Å². The Balaban J connectivity index is 1.18. The van der Waals surface area contributed by atoms with Crippen LogP contribution in [-0.2, 0) is 6.54 Å². The Kier molecular flexibility index (Phi) is 6.24. The predicted octanol–water partition coefficient (Wildman–Crippen LogP) is 4.38. The predicted molar refractivity (Wildman–Crippen MR) is 127 cm³/mol. The number of aryl methyl sites for hydroxylation is 1. The molecule has 2 aromatic heterocycles. The minimum Gasteiger partial charge on any atom is -0.338 e. The van der Waals surface area contributed by atoms with Gasteiger partial charge in [0.2, 0.25) is 11.7 Å². The van der Waals surface area contributed by atoms with Crippen molar-refractivity contribution in [2.24, 2.45) is 0 Å². The molecule has 0 spiro atoms. The van der Waals surface area contributed by atoms with E-state index in [0.717, 1.165) is 48.8 Å². The summed E-state index contributed by atoms with van der Waals surface area (Å²) in [6.45, 7) is 8.89. The van der Waals surface area contributed by atoms with E-state index in [0.29, 0.717) is 24.3 Å². The molecule has 1 fully saturated rings. The van der Waals surface area contributed by atoms with Gasteiger partial charge in [-0.15, -0.1) is 0 Å². The van der Waals surface area contributed by atoms with Gasteiger partial charge < -0.3 is 4.52 Å². The van der Waals surface area contributed by atoms with Gasteiger partial charge in [-0.05, 0) is 25.5 Å². The SMILES string of the molecule is Cc1nccc(-c2ccc(-c3noc(CN4CCN([C@H](C)c5ccccc5)CC4)n3)cc2)n1. The molecular weight excluding hydrogens is 412 g/mol. The molecule has 0 bridgehead atoms. The average Bonchev–Trinajstić information content (AvgIpc) is 3.33. The maximum absolute atomic E-state index is 5.56. The van der Waals surface area contributed by atoms with Crippen LogP contribution in [0.4, 0.5) is 0 Å². The summed E-state index contributed by atoms with van der Waals surface area (Å²) in [5, 5.41) is 4.20. The second-order valence-electron chi connectivity index (χ2n) is 8.48. The van der Waals surface area contributed by atoms with Gasteiger partial charge in [0.05, 0.1) is 12.2 Å². The number of piperazine rings is 1. The van der Waals surface area contributed by atoms with Crippen molar-refractivity contribution in [3.63, 3.8) is 0 Å². The Morgan fingerprint density at radius 2 is 1.61 bits per heavy atom. The summed E-state index contributed by atoms with van der Waals surface area (Å²) < 4.78 is 5.56. The molecule has 0 unspecified atom stereocenters. The molecule has 33 heavy (non-hydrogen) atoms. The summed E-state index contributed by atoms with van der Waals surface area (Å²) in [5.74, 6) is 2.03. The number of benzene rings is 2. The second kappa shape index (κ2) is 9.60. The Morgan fingerprint density at radius 3 is 2.33 bits per heavy atom. The third kappa shape index (κ3) is 4.99. The Labute approximate surface area is 194 Å². The van der Waals surface area contributed by atoms with E-state index in [4.69, 9.17) is 4.52 Å². The van der Waals surface area contributed by atoms with Crippen molar-refractivity contribution in [3.8, 4) is 22.6 Å². The van der Waals surface area contributed by atoms with E-state index in [2.05, 4.69) is 67.2 Å². The van der Waals surface area contributed by atoms with E-state index in [-0.39, 0.29) is 0 Å². The molecule has 0 radical (unpaired) electrons. The average molecular weight is 441 g/mol. The molecule has 3 heterocycles. The summed E-state index contributed by atoms with van der Waals surface area (Å²) >= 11 is 0. The Morgan fingerprint density at radius 1 is 0.879 bits per heavy atom. The molecule has 0 saturated carbocycles. The Bertz CT molecular complexity index is 1180. The summed E-state index contributed by atoms with van der Waals surface area (Å²) in [6, 6.07) is 21.1. The molecule has 1 aliphatic heterocycles. The first kappa shape index (κ1) is 21.4. The maximum atomic E-state index is 5.56. The highest BCUT2D eigenvalue weighted by Gasteiger charge is 2.23. The van der Waals surface area contributed by atoms with Gasteiger partial charge in [-0.25, -0.2) is 9.97 Å². The zero-order chi connectivity index (χ0) is 22.6. The van der Waals surface area contributed by atoms with Crippen molar-refractivity contribution in [1.29, 1.82) is 0 Å². The van der Waals surface area contributed by atoms with Crippen LogP contribution in [0.3, 0.4) is 0 Å². The van der Waals surface area contributed by atoms with E-state index in [9.17, 15) is 0 Å². The first-order valence-electron chi connectivity index (χ1n) is 11.4. The van der Waals surface area contributed by atoms with Crippen LogP contribution in [0.25, 0.3) is 22.6 Å². The van der Waals surface area contributed by atoms with Crippen LogP contribution in [0.2, 0.25) is 0 Å². The summed E-state index contributed by atoms with van der Waals surface area (Å²) in [5.41, 5.74) is 4.24. The number of hydrogen-bond acceptors (Lipinski definition) is 7. The highest BCUT2D eigenvalue weighted by Crippen LogP contribution is 2.24. The van der Waals surface area contributed by atoms with E-state index in [1.807, 2.05) is 37.3 Å². The van der Waals surface area contributed by atoms with Gasteiger partial charge >= 0.3 is 0 Å². The smallest absolute Gasteiger partial charge is 0.241 e. The first-order valence-corrected chi connectivity index (χ1v) is 11.4. The highest BCUT2D eigenvalue weighted by atomic mass is 16.5. The van der Waals surface area contributed by atoms with Crippen molar-refractivity contribution in [3.05, 3.63) is 84.1 Å². The van der Waals surface area contributed by atoms with Crippen LogP contribution in [0.5, 0.6) is 0 Å². The number of aromatic nitrogens is 4. The maximum Gasteiger partial charge on any atom is 0.241 e. The first-order chi connectivity index (χ1) is 16.2. The standard InChI is InChI=1S/C26H28N6O/c1-19(21-6-4-3-5-7-21)32-16-14-31(15-17-32)18-25-29-26(30-33-25)23-10-8-22(9-11-23)24-12-13-27-20(2)28-24/h3-13,19H,14-18H2,1-2H3/t19-/m1/s1. The quantitative estimate of drug-likeness (QED) is 0.441. The van der Waals surface area contributed by atoms with E-state index in [1.165, 1.54) is 5.56 Å². The van der Waals surface area contributed by atoms with Gasteiger partial charge in [-0.2, -0.15) is 4.98 Å². The molecule has 168 valence electrons. The molecule has 0 N–H and O–H groups in total. The van der Waals surface area contributed by atoms with Crippen molar-refractivity contribution >= 4 is 0 Å². The molecular formula is C26H28N6O. The lowest BCUT2D eigenvalue weighted by atomic mass is 10.1. The van der Waals surface area contributed by atoms with Crippen LogP contribution in [0.15, 0.2) is 71.4 Å². The van der Waals surface area contributed by atoms with Crippen molar-refractivity contribution in [1.82, 2.24) is 29.9 Å². The summed E-state index contributed by atoms with van der Waals surface area (Å²) in [4.78, 5) is 18.2. The van der Waals surface area contributed by atoms with Gasteiger partial charge in [-0.1, -0.05) is 59.8 Å². The molecule has 5 rings (SSSR count). The normalized spacial score (nSPS) is 16.1. The minimum atomic E-state index is 0.428. The monoisotopic (exact) mass is 440 g/mol. The lowest BCUT2D eigenvalue weighted by Gasteiger charge is -2.37. The summed E-state index contributed by atoms with van der Waals surface area (Å²) in [6.07, 6.45) is 1.78. The van der Waals surface area contributed by atoms with Crippen LogP contribution in [-0.4, -0.2) is 56.1 Å². The van der Waals surface area contributed by atoms with Gasteiger partial charge in [0.25, 0.3) is 0 Å². The fraction of sp³-hybridized carbons (Fsp3) is 0.308. The summed E-state index contributed by atoms with van der Waals surface area (Å²) in [7, 11) is 0. The topological polar surface area (TPSA) is 71.2 Å². The molecule has 1 saturated heterocycles. The molecule has 4 aromatic rings. The minimum absolute atomic E-state index is 0.428. The third-order valence-corrected chi connectivity index (χ3v) is 6.28. The van der Waals surface area contributed by atoms with Gasteiger partial charge in [0.1, 0.15) is 5.82 Å². The lowest BCUT2D eigenvalue weighted by Crippen LogP contribution is -2.46. The molecule has 7 heteroatoms. The van der Waals surface area contributed by atoms with Crippen LogP contribution in [0, 0.1) is 6.92 Å². The number of hydrogen-bond donors (Lipinski definition) is 0. The van der Waals surface area contributed by atoms with Crippen LogP contribution >= 0.6 is 0 Å². The molecule has 2 aromatic carbocycles. The highest BCUT2D eigenvalue weighted by molar-refractivity contribution is 5.64. The van der Waals surface area contributed by atoms with Gasteiger partial charge in [0.15, 0.2) is 0 Å². The zero-order valence-corrected chi connectivity index (χ0v) is 19.1. The van der Waals surface area contributed by atoms with Gasteiger partial charge in [-0.3, -0.25) is 9.80 Å². The number of nitrogens with zero attached hydrogens (tertiary/aromatic N) is 6. The molecule has 1 aliphatic rings.